The van der Waals surface area contributed by atoms with Crippen molar-refractivity contribution in [3.8, 4) is 0 Å². The van der Waals surface area contributed by atoms with Gasteiger partial charge in [-0.3, -0.25) is 4.90 Å². The van der Waals surface area contributed by atoms with E-state index in [2.05, 4.69) is 41.6 Å². The van der Waals surface area contributed by atoms with Crippen LogP contribution in [0.25, 0.3) is 0 Å². The Morgan fingerprint density at radius 2 is 1.88 bits per heavy atom. The van der Waals surface area contributed by atoms with E-state index in [1.165, 1.54) is 51.6 Å². The quantitative estimate of drug-likeness (QED) is 0.653. The van der Waals surface area contributed by atoms with Gasteiger partial charge < -0.3 is 0 Å². The van der Waals surface area contributed by atoms with Gasteiger partial charge in [-0.1, -0.05) is 43.1 Å². The summed E-state index contributed by atoms with van der Waals surface area (Å²) in [5.41, 5.74) is 0.505. The summed E-state index contributed by atoms with van der Waals surface area (Å²) < 4.78 is 0. The lowest BCUT2D eigenvalue weighted by atomic mass is 9.82. The number of nitrogens with zero attached hydrogens (tertiary/aromatic N) is 1. The minimum atomic E-state index is 0.505. The minimum absolute atomic E-state index is 0.505. The highest BCUT2D eigenvalue weighted by Gasteiger charge is 2.31. The molecule has 0 N–H and O–H groups in total. The smallest absolute Gasteiger partial charge is 0.01000 e. The Kier molecular flexibility index (Phi) is 6.35. The van der Waals surface area contributed by atoms with E-state index in [0.717, 1.165) is 11.4 Å². The van der Waals surface area contributed by atoms with Crippen LogP contribution in [0.5, 0.6) is 0 Å². The molecule has 1 fully saturated rings. The van der Waals surface area contributed by atoms with Gasteiger partial charge in [0.2, 0.25) is 0 Å². The first-order valence-corrected chi connectivity index (χ1v) is 8.13. The molecule has 0 bridgehead atoms. The zero-order chi connectivity index (χ0) is 12.0. The Balaban J connectivity index is 2.61. The molecule has 1 aliphatic heterocycles. The van der Waals surface area contributed by atoms with E-state index in [1.54, 1.807) is 0 Å². The SMILES string of the molecule is CCC1CCCCN1CC(CC)(CC)CBr. The lowest BCUT2D eigenvalue weighted by Crippen LogP contribution is -2.46. The van der Waals surface area contributed by atoms with Gasteiger partial charge in [-0.05, 0) is 44.1 Å². The van der Waals surface area contributed by atoms with E-state index in [4.69, 9.17) is 0 Å². The highest BCUT2D eigenvalue weighted by molar-refractivity contribution is 9.09. The van der Waals surface area contributed by atoms with Gasteiger partial charge in [0.25, 0.3) is 0 Å². The maximum Gasteiger partial charge on any atom is 0.01000 e. The van der Waals surface area contributed by atoms with Crippen molar-refractivity contribution in [2.75, 3.05) is 18.4 Å². The van der Waals surface area contributed by atoms with Crippen LogP contribution in [0.4, 0.5) is 0 Å². The van der Waals surface area contributed by atoms with Gasteiger partial charge in [0.05, 0.1) is 0 Å². The Bertz CT molecular complexity index is 181. The predicted molar refractivity (Wildman–Crippen MR) is 76.3 cm³/mol. The normalized spacial score (nSPS) is 23.6. The predicted octanol–water partition coefficient (Wildman–Crippen LogP) is 4.45. The molecule has 0 amide bonds. The third kappa shape index (κ3) is 3.46. The molecular formula is C14H28BrN. The average Bonchev–Trinajstić information content (AvgIpc) is 2.36. The van der Waals surface area contributed by atoms with Crippen molar-refractivity contribution < 1.29 is 0 Å². The summed E-state index contributed by atoms with van der Waals surface area (Å²) in [5.74, 6) is 0. The number of hydrogen-bond acceptors (Lipinski definition) is 1. The number of halogens is 1. The van der Waals surface area contributed by atoms with Crippen LogP contribution in [0.15, 0.2) is 0 Å². The molecule has 2 heteroatoms. The Morgan fingerprint density at radius 3 is 2.38 bits per heavy atom. The van der Waals surface area contributed by atoms with Gasteiger partial charge in [0, 0.05) is 17.9 Å². The van der Waals surface area contributed by atoms with Crippen molar-refractivity contribution >= 4 is 15.9 Å². The van der Waals surface area contributed by atoms with E-state index in [0.29, 0.717) is 5.41 Å². The van der Waals surface area contributed by atoms with Gasteiger partial charge >= 0.3 is 0 Å². The van der Waals surface area contributed by atoms with Crippen molar-refractivity contribution in [1.82, 2.24) is 4.90 Å². The van der Waals surface area contributed by atoms with Crippen LogP contribution in [0, 0.1) is 5.41 Å². The number of hydrogen-bond donors (Lipinski definition) is 0. The van der Waals surface area contributed by atoms with Crippen LogP contribution in [0.3, 0.4) is 0 Å². The first-order valence-electron chi connectivity index (χ1n) is 7.01. The minimum Gasteiger partial charge on any atom is -0.300 e. The van der Waals surface area contributed by atoms with Gasteiger partial charge in [0.1, 0.15) is 0 Å². The Labute approximate surface area is 110 Å². The molecule has 0 aromatic heterocycles. The molecule has 0 radical (unpaired) electrons. The molecule has 0 aliphatic carbocycles. The first-order chi connectivity index (χ1) is 7.71. The summed E-state index contributed by atoms with van der Waals surface area (Å²) in [6.07, 6.45) is 8.17. The van der Waals surface area contributed by atoms with Crippen molar-refractivity contribution in [1.29, 1.82) is 0 Å². The van der Waals surface area contributed by atoms with Gasteiger partial charge in [0.15, 0.2) is 0 Å². The maximum atomic E-state index is 3.74. The third-order valence-electron chi connectivity index (χ3n) is 4.54. The van der Waals surface area contributed by atoms with Gasteiger partial charge in [-0.2, -0.15) is 0 Å². The van der Waals surface area contributed by atoms with E-state index in [9.17, 15) is 0 Å². The molecular weight excluding hydrogens is 262 g/mol. The second-order valence-corrected chi connectivity index (χ2v) is 5.93. The van der Waals surface area contributed by atoms with Gasteiger partial charge in [-0.25, -0.2) is 0 Å². The van der Waals surface area contributed by atoms with Crippen molar-refractivity contribution in [2.24, 2.45) is 5.41 Å². The van der Waals surface area contributed by atoms with Gasteiger partial charge in [-0.15, -0.1) is 0 Å². The molecule has 1 heterocycles. The molecule has 1 nitrogen and oxygen atoms in total. The number of likely N-dealkylation sites (tertiary alicyclic amines) is 1. The number of rotatable bonds is 6. The zero-order valence-corrected chi connectivity index (χ0v) is 12.9. The van der Waals surface area contributed by atoms with E-state index in [-0.39, 0.29) is 0 Å². The lowest BCUT2D eigenvalue weighted by molar-refractivity contribution is 0.0840. The van der Waals surface area contributed by atoms with Crippen LogP contribution in [0.1, 0.15) is 59.3 Å². The van der Waals surface area contributed by atoms with E-state index < -0.39 is 0 Å². The van der Waals surface area contributed by atoms with Crippen LogP contribution < -0.4 is 0 Å². The third-order valence-corrected chi connectivity index (χ3v) is 5.73. The Hall–Kier alpha value is 0.440. The molecule has 1 rings (SSSR count). The van der Waals surface area contributed by atoms with Crippen molar-refractivity contribution in [2.45, 2.75) is 65.3 Å². The first kappa shape index (κ1) is 14.5. The molecule has 0 aromatic rings. The molecule has 1 saturated heterocycles. The molecule has 1 aliphatic rings. The maximum absolute atomic E-state index is 3.74. The molecule has 96 valence electrons. The van der Waals surface area contributed by atoms with Crippen LogP contribution in [-0.4, -0.2) is 29.4 Å². The highest BCUT2D eigenvalue weighted by Crippen LogP contribution is 2.32. The highest BCUT2D eigenvalue weighted by atomic mass is 79.9. The second kappa shape index (κ2) is 7.00. The molecule has 1 unspecified atom stereocenters. The standard InChI is InChI=1S/C14H28BrN/c1-4-13-9-7-8-10-16(13)12-14(5-2,6-3)11-15/h13H,4-12H2,1-3H3. The fourth-order valence-corrected chi connectivity index (χ4v) is 3.84. The molecule has 0 aromatic carbocycles. The van der Waals surface area contributed by atoms with Crippen molar-refractivity contribution in [3.63, 3.8) is 0 Å². The van der Waals surface area contributed by atoms with Crippen LogP contribution in [0.2, 0.25) is 0 Å². The van der Waals surface area contributed by atoms with Crippen LogP contribution >= 0.6 is 15.9 Å². The Morgan fingerprint density at radius 1 is 1.19 bits per heavy atom. The summed E-state index contributed by atoms with van der Waals surface area (Å²) in [5, 5.41) is 1.15. The van der Waals surface area contributed by atoms with E-state index >= 15 is 0 Å². The topological polar surface area (TPSA) is 3.24 Å². The molecule has 16 heavy (non-hydrogen) atoms. The summed E-state index contributed by atoms with van der Waals surface area (Å²) in [6, 6.07) is 0.852. The van der Waals surface area contributed by atoms with Crippen molar-refractivity contribution in [3.05, 3.63) is 0 Å². The summed E-state index contributed by atoms with van der Waals surface area (Å²) >= 11 is 3.74. The van der Waals surface area contributed by atoms with Crippen LogP contribution in [-0.2, 0) is 0 Å². The monoisotopic (exact) mass is 289 g/mol. The summed E-state index contributed by atoms with van der Waals surface area (Å²) in [4.78, 5) is 2.76. The number of alkyl halides is 1. The largest absolute Gasteiger partial charge is 0.300 e. The molecule has 0 saturated carbocycles. The second-order valence-electron chi connectivity index (χ2n) is 5.37. The summed E-state index contributed by atoms with van der Waals surface area (Å²) in [7, 11) is 0. The zero-order valence-electron chi connectivity index (χ0n) is 11.3. The van der Waals surface area contributed by atoms with E-state index in [1.807, 2.05) is 0 Å². The number of piperidine rings is 1. The molecule has 0 spiro atoms. The summed E-state index contributed by atoms with van der Waals surface area (Å²) in [6.45, 7) is 9.65. The average molecular weight is 290 g/mol. The molecule has 1 atom stereocenters. The fraction of sp³-hybridized carbons (Fsp3) is 1.00. The fourth-order valence-electron chi connectivity index (χ4n) is 2.87. The lowest BCUT2D eigenvalue weighted by Gasteiger charge is -2.42.